The molecule has 28 heavy (non-hydrogen) atoms. The standard InChI is InChI=1S/C20H16ClN3O4/c1-27-17-8-7-14(11-15(17)21)24-19(25)18(13-5-3-2-4-6-13)28-20(26)16-12-22-9-10-23-16/h2-12,18H,1H3,(H,24,25)/t18-/m0/s1. The molecule has 0 aliphatic heterocycles. The van der Waals surface area contributed by atoms with E-state index in [4.69, 9.17) is 21.1 Å². The van der Waals surface area contributed by atoms with E-state index in [9.17, 15) is 9.59 Å². The molecule has 0 saturated heterocycles. The number of nitrogens with one attached hydrogen (secondary N) is 1. The Morgan fingerprint density at radius 3 is 2.54 bits per heavy atom. The molecule has 0 bridgehead atoms. The third-order valence-electron chi connectivity index (χ3n) is 3.76. The number of carbonyl (C=O) groups excluding carboxylic acids is 2. The van der Waals surface area contributed by atoms with Gasteiger partial charge in [-0.2, -0.15) is 0 Å². The van der Waals surface area contributed by atoms with E-state index in [0.717, 1.165) is 0 Å². The molecule has 8 heteroatoms. The van der Waals surface area contributed by atoms with Crippen LogP contribution in [0.5, 0.6) is 5.75 Å². The van der Waals surface area contributed by atoms with Gasteiger partial charge in [-0.1, -0.05) is 41.9 Å². The molecule has 1 atom stereocenters. The molecule has 3 rings (SSSR count). The van der Waals surface area contributed by atoms with Crippen LogP contribution in [-0.2, 0) is 9.53 Å². The van der Waals surface area contributed by atoms with Gasteiger partial charge in [-0.3, -0.25) is 9.78 Å². The summed E-state index contributed by atoms with van der Waals surface area (Å²) in [5.74, 6) is -0.817. The predicted octanol–water partition coefficient (Wildman–Crippen LogP) is 3.68. The number of amides is 1. The van der Waals surface area contributed by atoms with Crippen LogP contribution in [-0.4, -0.2) is 29.0 Å². The summed E-state index contributed by atoms with van der Waals surface area (Å²) in [6, 6.07) is 13.5. The monoisotopic (exact) mass is 397 g/mol. The second-order valence-electron chi connectivity index (χ2n) is 5.63. The van der Waals surface area contributed by atoms with Crippen molar-refractivity contribution in [2.75, 3.05) is 12.4 Å². The number of halogens is 1. The van der Waals surface area contributed by atoms with Gasteiger partial charge in [0, 0.05) is 23.6 Å². The fourth-order valence-electron chi connectivity index (χ4n) is 2.42. The van der Waals surface area contributed by atoms with Crippen molar-refractivity contribution in [1.82, 2.24) is 9.97 Å². The van der Waals surface area contributed by atoms with Gasteiger partial charge >= 0.3 is 5.97 Å². The Morgan fingerprint density at radius 2 is 1.89 bits per heavy atom. The molecule has 1 amide bonds. The van der Waals surface area contributed by atoms with Crippen molar-refractivity contribution in [2.45, 2.75) is 6.10 Å². The molecule has 1 aromatic heterocycles. The number of aromatic nitrogens is 2. The van der Waals surface area contributed by atoms with Crippen molar-refractivity contribution in [3.8, 4) is 5.75 Å². The summed E-state index contributed by atoms with van der Waals surface area (Å²) in [5, 5.41) is 3.04. The van der Waals surface area contributed by atoms with Crippen LogP contribution >= 0.6 is 11.6 Å². The van der Waals surface area contributed by atoms with Crippen LogP contribution in [0.2, 0.25) is 5.02 Å². The molecule has 1 N–H and O–H groups in total. The summed E-state index contributed by atoms with van der Waals surface area (Å²) < 4.78 is 10.5. The minimum Gasteiger partial charge on any atom is -0.495 e. The van der Waals surface area contributed by atoms with Gasteiger partial charge in [-0.15, -0.1) is 0 Å². The van der Waals surface area contributed by atoms with Gasteiger partial charge in [-0.25, -0.2) is 9.78 Å². The smallest absolute Gasteiger partial charge is 0.359 e. The van der Waals surface area contributed by atoms with Crippen molar-refractivity contribution in [2.24, 2.45) is 0 Å². The molecule has 0 fully saturated rings. The number of benzene rings is 2. The SMILES string of the molecule is COc1ccc(NC(=O)[C@@H](OC(=O)c2cnccn2)c2ccccc2)cc1Cl. The van der Waals surface area contributed by atoms with Crippen LogP contribution in [0.3, 0.4) is 0 Å². The Morgan fingerprint density at radius 1 is 1.11 bits per heavy atom. The lowest BCUT2D eigenvalue weighted by Gasteiger charge is -2.18. The first-order valence-corrected chi connectivity index (χ1v) is 8.62. The number of carbonyl (C=O) groups is 2. The summed E-state index contributed by atoms with van der Waals surface area (Å²) >= 11 is 6.10. The van der Waals surface area contributed by atoms with E-state index in [1.165, 1.54) is 25.7 Å². The normalized spacial score (nSPS) is 11.4. The average Bonchev–Trinajstić information content (AvgIpc) is 2.73. The van der Waals surface area contributed by atoms with Crippen LogP contribution in [0.1, 0.15) is 22.2 Å². The molecule has 0 radical (unpaired) electrons. The second-order valence-corrected chi connectivity index (χ2v) is 6.03. The summed E-state index contributed by atoms with van der Waals surface area (Å²) in [6.07, 6.45) is 2.89. The molecule has 0 unspecified atom stereocenters. The largest absolute Gasteiger partial charge is 0.495 e. The van der Waals surface area contributed by atoms with E-state index in [2.05, 4.69) is 15.3 Å². The number of hydrogen-bond acceptors (Lipinski definition) is 6. The zero-order valence-corrected chi connectivity index (χ0v) is 15.6. The average molecular weight is 398 g/mol. The van der Waals surface area contributed by atoms with Crippen molar-refractivity contribution in [3.63, 3.8) is 0 Å². The first-order chi connectivity index (χ1) is 13.6. The number of nitrogens with zero attached hydrogens (tertiary/aromatic N) is 2. The van der Waals surface area contributed by atoms with E-state index in [1.807, 2.05) is 0 Å². The van der Waals surface area contributed by atoms with Crippen molar-refractivity contribution in [1.29, 1.82) is 0 Å². The molecule has 3 aromatic rings. The number of rotatable bonds is 6. The van der Waals surface area contributed by atoms with Gasteiger partial charge in [0.2, 0.25) is 6.10 Å². The molecule has 0 aliphatic rings. The maximum atomic E-state index is 12.8. The lowest BCUT2D eigenvalue weighted by atomic mass is 10.1. The fraction of sp³-hybridized carbons (Fsp3) is 0.100. The zero-order chi connectivity index (χ0) is 19.9. The lowest BCUT2D eigenvalue weighted by molar-refractivity contribution is -0.125. The van der Waals surface area contributed by atoms with E-state index in [0.29, 0.717) is 22.0 Å². The number of methoxy groups -OCH3 is 1. The number of ether oxygens (including phenoxy) is 2. The predicted molar refractivity (Wildman–Crippen MR) is 103 cm³/mol. The van der Waals surface area contributed by atoms with Crippen molar-refractivity contribution >= 4 is 29.2 Å². The highest BCUT2D eigenvalue weighted by Gasteiger charge is 2.26. The van der Waals surface area contributed by atoms with Crippen LogP contribution in [0, 0.1) is 0 Å². The summed E-state index contributed by atoms with van der Waals surface area (Å²) in [6.45, 7) is 0. The molecule has 1 heterocycles. The van der Waals surface area contributed by atoms with Crippen LogP contribution < -0.4 is 10.1 Å². The Kier molecular flexibility index (Phi) is 6.18. The maximum absolute atomic E-state index is 12.8. The molecule has 0 spiro atoms. The number of anilines is 1. The maximum Gasteiger partial charge on any atom is 0.359 e. The molecule has 142 valence electrons. The Labute approximate surface area is 166 Å². The fourth-order valence-corrected chi connectivity index (χ4v) is 2.68. The third-order valence-corrected chi connectivity index (χ3v) is 4.05. The van der Waals surface area contributed by atoms with E-state index < -0.39 is 18.0 Å². The quantitative estimate of drug-likeness (QED) is 0.638. The first kappa shape index (κ1) is 19.3. The highest BCUT2D eigenvalue weighted by atomic mass is 35.5. The first-order valence-electron chi connectivity index (χ1n) is 8.25. The number of hydrogen-bond donors (Lipinski definition) is 1. The van der Waals surface area contributed by atoms with Crippen LogP contribution in [0.25, 0.3) is 0 Å². The third kappa shape index (κ3) is 4.63. The van der Waals surface area contributed by atoms with E-state index in [-0.39, 0.29) is 5.69 Å². The summed E-state index contributed by atoms with van der Waals surface area (Å²) in [7, 11) is 1.50. The van der Waals surface area contributed by atoms with Crippen LogP contribution in [0.4, 0.5) is 5.69 Å². The van der Waals surface area contributed by atoms with Crippen molar-refractivity contribution < 1.29 is 19.1 Å². The molecular formula is C20H16ClN3O4. The second kappa shape index (κ2) is 8.96. The molecule has 7 nitrogen and oxygen atoms in total. The molecule has 0 saturated carbocycles. The zero-order valence-electron chi connectivity index (χ0n) is 14.8. The Hall–Kier alpha value is -3.45. The van der Waals surface area contributed by atoms with E-state index >= 15 is 0 Å². The highest BCUT2D eigenvalue weighted by molar-refractivity contribution is 6.32. The molecule has 0 aliphatic carbocycles. The lowest BCUT2D eigenvalue weighted by Crippen LogP contribution is -2.26. The topological polar surface area (TPSA) is 90.4 Å². The minimum atomic E-state index is -1.18. The summed E-state index contributed by atoms with van der Waals surface area (Å²) in [4.78, 5) is 33.0. The number of esters is 1. The van der Waals surface area contributed by atoms with Gasteiger partial charge in [0.1, 0.15) is 5.75 Å². The molecular weight excluding hydrogens is 382 g/mol. The minimum absolute atomic E-state index is 0.00345. The Balaban J connectivity index is 1.83. The van der Waals surface area contributed by atoms with Gasteiger partial charge < -0.3 is 14.8 Å². The Bertz CT molecular complexity index is 968. The summed E-state index contributed by atoms with van der Waals surface area (Å²) in [5.41, 5.74) is 0.952. The van der Waals surface area contributed by atoms with Crippen molar-refractivity contribution in [3.05, 3.63) is 83.4 Å². The van der Waals surface area contributed by atoms with E-state index in [1.54, 1.807) is 48.5 Å². The van der Waals surface area contributed by atoms with Gasteiger partial charge in [0.15, 0.2) is 5.69 Å². The van der Waals surface area contributed by atoms with Gasteiger partial charge in [0.25, 0.3) is 5.91 Å². The highest BCUT2D eigenvalue weighted by Crippen LogP contribution is 2.28. The van der Waals surface area contributed by atoms with Gasteiger partial charge in [0.05, 0.1) is 18.3 Å². The molecule has 2 aromatic carbocycles. The van der Waals surface area contributed by atoms with Crippen LogP contribution in [0.15, 0.2) is 67.1 Å². The van der Waals surface area contributed by atoms with Gasteiger partial charge in [-0.05, 0) is 18.2 Å².